The molecule has 0 spiro atoms. The molecule has 0 unspecified atom stereocenters. The van der Waals surface area contributed by atoms with Gasteiger partial charge in [0.2, 0.25) is 5.91 Å². The van der Waals surface area contributed by atoms with Crippen LogP contribution in [0, 0.1) is 11.8 Å². The van der Waals surface area contributed by atoms with Crippen molar-refractivity contribution in [1.82, 2.24) is 5.32 Å². The number of hydrogen-bond donors (Lipinski definition) is 3. The number of carbonyl (C=O) groups excluding carboxylic acids is 3. The number of amides is 1. The first-order valence-corrected chi connectivity index (χ1v) is 13.8. The van der Waals surface area contributed by atoms with Crippen LogP contribution < -0.4 is 20.5 Å². The maximum absolute atomic E-state index is 13.4. The lowest BCUT2D eigenvalue weighted by Crippen LogP contribution is -2.46. The van der Waals surface area contributed by atoms with Crippen molar-refractivity contribution in [3.63, 3.8) is 0 Å². The van der Waals surface area contributed by atoms with E-state index < -0.39 is 65.9 Å². The maximum Gasteiger partial charge on any atom is 0.414 e. The number of aliphatic hydroxyl groups is 1. The molecular formula is C31H41F3N2O7. The molecule has 4 atom stereocenters. The van der Waals surface area contributed by atoms with Gasteiger partial charge in [-0.15, -0.1) is 0 Å². The number of alkyl halides is 3. The van der Waals surface area contributed by atoms with Crippen LogP contribution in [0.25, 0.3) is 0 Å². The van der Waals surface area contributed by atoms with Crippen LogP contribution in [0.1, 0.15) is 58.2 Å². The molecule has 2 rings (SSSR count). The highest BCUT2D eigenvalue weighted by Crippen LogP contribution is 2.33. The van der Waals surface area contributed by atoms with Crippen LogP contribution in [0.2, 0.25) is 0 Å². The molecule has 0 aliphatic heterocycles. The Hall–Kier alpha value is -3.64. The molecule has 0 heterocycles. The number of esters is 1. The predicted molar refractivity (Wildman–Crippen MR) is 153 cm³/mol. The minimum Gasteiger partial charge on any atom is -0.497 e. The Balaban J connectivity index is 2.19. The summed E-state index contributed by atoms with van der Waals surface area (Å²) in [6.07, 6.45) is -8.24. The molecule has 0 bridgehead atoms. The van der Waals surface area contributed by atoms with E-state index in [9.17, 15) is 32.7 Å². The summed E-state index contributed by atoms with van der Waals surface area (Å²) in [5, 5.41) is 12.5. The van der Waals surface area contributed by atoms with E-state index in [0.29, 0.717) is 22.6 Å². The van der Waals surface area contributed by atoms with Crippen LogP contribution >= 0.6 is 0 Å². The number of hydrogen-bond acceptors (Lipinski definition) is 8. The zero-order valence-electron chi connectivity index (χ0n) is 25.2. The van der Waals surface area contributed by atoms with Crippen molar-refractivity contribution in [2.75, 3.05) is 13.7 Å². The number of carbonyl (C=O) groups is 3. The van der Waals surface area contributed by atoms with Gasteiger partial charge in [-0.1, -0.05) is 38.1 Å². The molecule has 43 heavy (non-hydrogen) atoms. The minimum atomic E-state index is -4.92. The number of Topliss-reactive ketones (excluding diaryl/α,β-unsaturated/α-hetero) is 1. The Bertz CT molecular complexity index is 1230. The van der Waals surface area contributed by atoms with E-state index in [2.05, 4.69) is 5.32 Å². The molecule has 0 aliphatic carbocycles. The second-order valence-corrected chi connectivity index (χ2v) is 11.6. The first-order chi connectivity index (χ1) is 19.9. The van der Waals surface area contributed by atoms with E-state index in [4.69, 9.17) is 19.9 Å². The number of nitrogens with one attached hydrogen (secondary N) is 1. The largest absolute Gasteiger partial charge is 0.497 e. The van der Waals surface area contributed by atoms with Crippen molar-refractivity contribution >= 4 is 17.7 Å². The molecule has 2 aromatic carbocycles. The Kier molecular flexibility index (Phi) is 12.6. The van der Waals surface area contributed by atoms with E-state index >= 15 is 0 Å². The Morgan fingerprint density at radius 1 is 1.00 bits per heavy atom. The molecule has 0 radical (unpaired) electrons. The zero-order valence-corrected chi connectivity index (χ0v) is 25.2. The normalized spacial score (nSPS) is 14.8. The first kappa shape index (κ1) is 35.6. The molecule has 238 valence electrons. The summed E-state index contributed by atoms with van der Waals surface area (Å²) in [6.45, 7) is 7.85. The van der Waals surface area contributed by atoms with E-state index in [1.54, 1.807) is 57.2 Å². The van der Waals surface area contributed by atoms with Gasteiger partial charge in [0.1, 0.15) is 23.1 Å². The summed E-state index contributed by atoms with van der Waals surface area (Å²) in [7, 11) is 1.45. The summed E-state index contributed by atoms with van der Waals surface area (Å²) in [6, 6.07) is 10.3. The Labute approximate surface area is 249 Å². The first-order valence-electron chi connectivity index (χ1n) is 13.8. The average Bonchev–Trinajstić information content (AvgIpc) is 2.91. The summed E-state index contributed by atoms with van der Waals surface area (Å²) < 4.78 is 55.8. The van der Waals surface area contributed by atoms with Gasteiger partial charge in [-0.25, -0.2) is 4.79 Å². The van der Waals surface area contributed by atoms with Crippen molar-refractivity contribution < 1.29 is 46.9 Å². The second kappa shape index (κ2) is 15.2. The van der Waals surface area contributed by atoms with Crippen LogP contribution in [0.4, 0.5) is 13.2 Å². The second-order valence-electron chi connectivity index (χ2n) is 11.6. The highest BCUT2D eigenvalue weighted by Gasteiger charge is 2.45. The highest BCUT2D eigenvalue weighted by atomic mass is 19.4. The SMILES string of the molecule is COc1ccc([C@H](NC(=O)[C@@H](N)Cc2cccc(OCC(=O)OC(C)(C)C)c2)C(=O)C[C@@H](C(C)C)[C@H](O)C(F)(F)F)cc1. The molecule has 1 amide bonds. The fourth-order valence-corrected chi connectivity index (χ4v) is 4.32. The number of benzene rings is 2. The molecule has 0 saturated carbocycles. The molecular weight excluding hydrogens is 569 g/mol. The van der Waals surface area contributed by atoms with Gasteiger partial charge in [0.05, 0.1) is 13.2 Å². The van der Waals surface area contributed by atoms with Crippen LogP contribution in [0.15, 0.2) is 48.5 Å². The molecule has 0 aliphatic rings. The van der Waals surface area contributed by atoms with Gasteiger partial charge >= 0.3 is 12.1 Å². The zero-order chi connectivity index (χ0) is 32.5. The van der Waals surface area contributed by atoms with Crippen molar-refractivity contribution in [3.05, 3.63) is 59.7 Å². The Morgan fingerprint density at radius 3 is 2.16 bits per heavy atom. The van der Waals surface area contributed by atoms with Crippen molar-refractivity contribution in [2.24, 2.45) is 17.6 Å². The van der Waals surface area contributed by atoms with Crippen LogP contribution in [-0.2, 0) is 25.5 Å². The van der Waals surface area contributed by atoms with Crippen LogP contribution in [0.3, 0.4) is 0 Å². The predicted octanol–water partition coefficient (Wildman–Crippen LogP) is 4.30. The fraction of sp³-hybridized carbons (Fsp3) is 0.516. The molecule has 2 aromatic rings. The summed E-state index contributed by atoms with van der Waals surface area (Å²) in [5.41, 5.74) is 6.42. The smallest absolute Gasteiger partial charge is 0.414 e. The number of aliphatic hydroxyl groups excluding tert-OH is 1. The van der Waals surface area contributed by atoms with Gasteiger partial charge in [0, 0.05) is 12.3 Å². The third-order valence-corrected chi connectivity index (χ3v) is 6.56. The van der Waals surface area contributed by atoms with E-state index in [0.717, 1.165) is 0 Å². The maximum atomic E-state index is 13.4. The molecule has 0 fully saturated rings. The number of ketones is 1. The van der Waals surface area contributed by atoms with Gasteiger partial charge in [-0.2, -0.15) is 13.2 Å². The van der Waals surface area contributed by atoms with Crippen molar-refractivity contribution in [1.29, 1.82) is 0 Å². The molecule has 9 nitrogen and oxygen atoms in total. The minimum absolute atomic E-state index is 0.0282. The lowest BCUT2D eigenvalue weighted by molar-refractivity contribution is -0.224. The van der Waals surface area contributed by atoms with Gasteiger partial charge < -0.3 is 30.4 Å². The standard InChI is InChI=1S/C31H41F3N2O7/c1-18(2)23(28(39)31(32,33)34)16-25(37)27(20-10-12-21(41-6)13-11-20)36-29(40)24(35)15-19-8-7-9-22(14-19)42-17-26(38)43-30(3,4)5/h7-14,18,23-24,27-28,39H,15-17,35H2,1-6H3,(H,36,40)/t23-,24-,27-,28-/m0/s1. The number of halogens is 3. The van der Waals surface area contributed by atoms with E-state index in [1.807, 2.05) is 0 Å². The van der Waals surface area contributed by atoms with Crippen molar-refractivity contribution in [2.45, 2.75) is 77.4 Å². The van der Waals surface area contributed by atoms with E-state index in [-0.39, 0.29) is 13.0 Å². The third-order valence-electron chi connectivity index (χ3n) is 6.56. The fourth-order valence-electron chi connectivity index (χ4n) is 4.32. The van der Waals surface area contributed by atoms with Crippen LogP contribution in [-0.4, -0.2) is 60.4 Å². The number of rotatable bonds is 14. The average molecular weight is 611 g/mol. The summed E-state index contributed by atoms with van der Waals surface area (Å²) in [5.74, 6) is -3.27. The number of ether oxygens (including phenoxy) is 3. The molecule has 4 N–H and O–H groups in total. The topological polar surface area (TPSA) is 137 Å². The quantitative estimate of drug-likeness (QED) is 0.270. The van der Waals surface area contributed by atoms with E-state index in [1.165, 1.54) is 33.1 Å². The summed E-state index contributed by atoms with van der Waals surface area (Å²) in [4.78, 5) is 38.5. The van der Waals surface area contributed by atoms with Gasteiger partial charge in [0.25, 0.3) is 0 Å². The number of methoxy groups -OCH3 is 1. The highest BCUT2D eigenvalue weighted by molar-refractivity contribution is 5.92. The lowest BCUT2D eigenvalue weighted by Gasteiger charge is -2.29. The molecule has 12 heteroatoms. The van der Waals surface area contributed by atoms with Crippen LogP contribution in [0.5, 0.6) is 11.5 Å². The van der Waals surface area contributed by atoms with Gasteiger partial charge in [0.15, 0.2) is 18.5 Å². The van der Waals surface area contributed by atoms with Gasteiger partial charge in [-0.05, 0) is 68.5 Å². The Morgan fingerprint density at radius 2 is 1.63 bits per heavy atom. The van der Waals surface area contributed by atoms with Crippen molar-refractivity contribution in [3.8, 4) is 11.5 Å². The molecule has 0 aromatic heterocycles. The molecule has 0 saturated heterocycles. The summed E-state index contributed by atoms with van der Waals surface area (Å²) >= 11 is 0. The number of nitrogens with two attached hydrogens (primary N) is 1. The third kappa shape index (κ3) is 11.5. The van der Waals surface area contributed by atoms with Gasteiger partial charge in [-0.3, -0.25) is 9.59 Å². The lowest BCUT2D eigenvalue weighted by atomic mass is 9.83. The monoisotopic (exact) mass is 610 g/mol.